The number of fused-ring (bicyclic) bond motifs is 34. The summed E-state index contributed by atoms with van der Waals surface area (Å²) in [6.07, 6.45) is -2.38. The van der Waals surface area contributed by atoms with Crippen LogP contribution in [-0.4, -0.2) is 73.6 Å². The highest BCUT2D eigenvalue weighted by Crippen LogP contribution is 2.47. The van der Waals surface area contributed by atoms with E-state index in [9.17, 15) is 39.5 Å². The highest BCUT2D eigenvalue weighted by Gasteiger charge is 2.74. The van der Waals surface area contributed by atoms with E-state index in [1.807, 2.05) is 137 Å². The van der Waals surface area contributed by atoms with Crippen molar-refractivity contribution in [2.24, 2.45) is 0 Å². The van der Waals surface area contributed by atoms with E-state index in [2.05, 4.69) is 167 Å². The molecule has 0 saturated carbocycles. The summed E-state index contributed by atoms with van der Waals surface area (Å²) in [4.78, 5) is 13.9. The van der Waals surface area contributed by atoms with E-state index in [-0.39, 0.29) is 21.7 Å². The molecule has 3 spiro atoms. The molecule has 6 aliphatic rings. The van der Waals surface area contributed by atoms with E-state index < -0.39 is 53.3 Å². The molecule has 0 fully saturated rings. The van der Waals surface area contributed by atoms with Gasteiger partial charge < -0.3 is 0 Å². The molecule has 0 saturated heterocycles. The van der Waals surface area contributed by atoms with Gasteiger partial charge in [0, 0.05) is 83.6 Å². The molecule has 30 heteroatoms. The fourth-order valence-electron chi connectivity index (χ4n) is 16.7. The molecule has 0 amide bonds. The lowest BCUT2D eigenvalue weighted by molar-refractivity contribution is -0.990. The van der Waals surface area contributed by atoms with Gasteiger partial charge in [-0.1, -0.05) is 161 Å². The van der Waals surface area contributed by atoms with Crippen molar-refractivity contribution in [3.8, 4) is 68.7 Å². The topological polar surface area (TPSA) is 169 Å². The van der Waals surface area contributed by atoms with Crippen LogP contribution < -0.4 is 27.4 Å². The summed E-state index contributed by atoms with van der Waals surface area (Å²) >= 11 is 0. The molecule has 564 valence electrons. The zero-order valence-corrected chi connectivity index (χ0v) is 63.5. The van der Waals surface area contributed by atoms with Crippen LogP contribution in [0.4, 0.5) is 39.5 Å². The number of benzene rings is 3. The van der Waals surface area contributed by atoms with Gasteiger partial charge in [0.2, 0.25) is 34.6 Å². The largest absolute Gasteiger partial charge is 0.584 e. The van der Waals surface area contributed by atoms with Crippen molar-refractivity contribution in [2.75, 3.05) is 0 Å². The lowest BCUT2D eigenvalue weighted by atomic mass is 9.86. The fraction of sp³-hybridized carbons (Fsp3) is 0.305. The number of alkyl halides is 9. The van der Waals surface area contributed by atoms with Gasteiger partial charge in [-0.3, -0.25) is 0 Å². The van der Waals surface area contributed by atoms with Gasteiger partial charge in [0.25, 0.3) is 17.1 Å². The maximum absolute atomic E-state index is 14.1. The second-order valence-electron chi connectivity index (χ2n) is 33.6. The van der Waals surface area contributed by atoms with Gasteiger partial charge in [-0.25, -0.2) is 15.0 Å². The fourth-order valence-corrected chi connectivity index (χ4v) is 16.7. The first kappa shape index (κ1) is 70.2. The minimum atomic E-state index is -4.61. The standard InChI is InChI=1S/C30H30F3N7.2C26H22F3N7/c1-17-34-26-24-14-21(28(5,6)7)10-11-37(24)30(40(26)35-17)38-16-18-8-9-20(27(2,3)4)12-19(18)13-22(38)23-15-25(29(31,32)33)36-39(23)30;1-15-30-23-19-7-5-6-11-33(19)26(36(23)31-15)34-12-10-16-13-17(24(2,3)4)8-9-18(16)22(34)20-14-21(25(27,28)29)32-35(20)26;1-15-30-23-19-7-5-6-10-33(19)26(36(23)31-15)34-14-16-8-9-18(24(2,3)4)11-17(16)12-20(34)21-13-22(25(27,28)29)32-35(21)26/h8-16H,1-7H3;2*5-14H,1-4H3/q3*+2. The molecule has 3 atom stereocenters. The summed E-state index contributed by atoms with van der Waals surface area (Å²) in [5.74, 6) is -0.858. The Kier molecular flexibility index (Phi) is 14.0. The van der Waals surface area contributed by atoms with E-state index in [0.29, 0.717) is 69.1 Å². The number of rotatable bonds is 0. The molecular formula is C82H74F9N21+6. The SMILES string of the molecule is Cc1nc2n(n1)C1(n3nc(C(F)(F)F)cc3-c3c4ccc(C(C)(C)C)cc4cc[n+]31)[n+]1ccccc1-2.Cc1nc2n(n1)C1(n3nc(C(F)(F)F)cc3-c3cc4cc(C(C)(C)C)ccc4c[n+]31)[n+]1ccc(C(C)(C)C)cc1-2.Cc1nc2n(n1)C1(n3nc(C(F)(F)F)cc3-c3cc4cc(C(C)(C)C)ccc4c[n+]31)[n+]1ccccc1-2. The summed E-state index contributed by atoms with van der Waals surface area (Å²) in [6.45, 7) is 30.9. The minimum Gasteiger partial charge on any atom is -0.206 e. The van der Waals surface area contributed by atoms with Crippen LogP contribution in [-0.2, 0) is 57.9 Å². The van der Waals surface area contributed by atoms with E-state index in [4.69, 9.17) is 10.1 Å². The van der Waals surface area contributed by atoms with Gasteiger partial charge in [0.05, 0.1) is 5.39 Å². The van der Waals surface area contributed by atoms with E-state index >= 15 is 0 Å². The Labute approximate surface area is 634 Å². The summed E-state index contributed by atoms with van der Waals surface area (Å²) in [5, 5.41) is 32.1. The lowest BCUT2D eigenvalue weighted by Gasteiger charge is -2.20. The molecule has 21 nitrogen and oxygen atoms in total. The number of aryl methyl sites for hydroxylation is 3. The summed E-state index contributed by atoms with van der Waals surface area (Å²) in [6, 6.07) is 43.2. The molecule has 0 aliphatic carbocycles. The second-order valence-corrected chi connectivity index (χ2v) is 33.6. The zero-order chi connectivity index (χ0) is 79.0. The third-order valence-electron chi connectivity index (χ3n) is 22.1. The Morgan fingerprint density at radius 2 is 0.652 bits per heavy atom. The molecule has 21 rings (SSSR count). The number of hydrogen-bond donors (Lipinski definition) is 0. The predicted molar refractivity (Wildman–Crippen MR) is 390 cm³/mol. The Morgan fingerprint density at radius 3 is 1.07 bits per heavy atom. The van der Waals surface area contributed by atoms with Crippen LogP contribution in [0, 0.1) is 20.8 Å². The second kappa shape index (κ2) is 22.3. The summed E-state index contributed by atoms with van der Waals surface area (Å²) in [7, 11) is 0. The van der Waals surface area contributed by atoms with Gasteiger partial charge in [0.1, 0.15) is 17.5 Å². The summed E-state index contributed by atoms with van der Waals surface area (Å²) in [5.41, 5.74) is 6.46. The third kappa shape index (κ3) is 9.60. The number of nitrogens with zero attached hydrogens (tertiary/aromatic N) is 21. The lowest BCUT2D eigenvalue weighted by Crippen LogP contribution is -2.77. The van der Waals surface area contributed by atoms with Crippen LogP contribution in [0.5, 0.6) is 0 Å². The van der Waals surface area contributed by atoms with Gasteiger partial charge in [0.15, 0.2) is 71.3 Å². The molecule has 3 aromatic carbocycles. The smallest absolute Gasteiger partial charge is 0.206 e. The van der Waals surface area contributed by atoms with Crippen LogP contribution >= 0.6 is 0 Å². The maximum Gasteiger partial charge on any atom is 0.584 e. The molecule has 18 heterocycles. The average molecular weight is 1520 g/mol. The average Bonchev–Trinajstić information content (AvgIpc) is 1.51. The van der Waals surface area contributed by atoms with E-state index in [1.54, 1.807) is 34.8 Å². The van der Waals surface area contributed by atoms with Crippen molar-refractivity contribution in [3.63, 3.8) is 0 Å². The first-order valence-electron chi connectivity index (χ1n) is 36.6. The van der Waals surface area contributed by atoms with Crippen LogP contribution in [0.25, 0.3) is 101 Å². The maximum atomic E-state index is 14.1. The summed E-state index contributed by atoms with van der Waals surface area (Å²) < 4.78 is 147. The predicted octanol–water partition coefficient (Wildman–Crippen LogP) is 13.3. The van der Waals surface area contributed by atoms with Crippen molar-refractivity contribution < 1.29 is 66.9 Å². The quantitative estimate of drug-likeness (QED) is 0.106. The van der Waals surface area contributed by atoms with Crippen molar-refractivity contribution in [2.45, 2.75) is 162 Å². The number of aromatic nitrogens is 21. The molecule has 15 aromatic rings. The highest BCUT2D eigenvalue weighted by atomic mass is 19.4. The van der Waals surface area contributed by atoms with Crippen LogP contribution in [0.2, 0.25) is 0 Å². The molecular weight excluding hydrogens is 1450 g/mol. The third-order valence-corrected chi connectivity index (χ3v) is 22.1. The van der Waals surface area contributed by atoms with Crippen LogP contribution in [0.1, 0.15) is 140 Å². The van der Waals surface area contributed by atoms with Gasteiger partial charge in [-0.15, -0.1) is 29.3 Å². The van der Waals surface area contributed by atoms with Crippen molar-refractivity contribution in [1.29, 1.82) is 0 Å². The molecule has 0 bridgehead atoms. The first-order valence-corrected chi connectivity index (χ1v) is 36.6. The molecule has 0 N–H and O–H groups in total. The van der Waals surface area contributed by atoms with Gasteiger partial charge in [-0.2, -0.15) is 54.8 Å². The van der Waals surface area contributed by atoms with Crippen LogP contribution in [0.15, 0.2) is 177 Å². The molecule has 112 heavy (non-hydrogen) atoms. The van der Waals surface area contributed by atoms with E-state index in [0.717, 1.165) is 89.9 Å². The number of pyridine rings is 6. The minimum absolute atomic E-state index is 0.0692. The Hall–Kier alpha value is -12.2. The Morgan fingerprint density at radius 1 is 0.295 bits per heavy atom. The zero-order valence-electron chi connectivity index (χ0n) is 63.5. The molecule has 0 radical (unpaired) electrons. The van der Waals surface area contributed by atoms with Crippen molar-refractivity contribution in [1.82, 2.24) is 73.6 Å². The Balaban J connectivity index is 0.000000113. The monoisotopic (exact) mass is 1520 g/mol. The highest BCUT2D eigenvalue weighted by molar-refractivity contribution is 5.93. The number of hydrogen-bond acceptors (Lipinski definition) is 9. The van der Waals surface area contributed by atoms with Crippen molar-refractivity contribution in [3.05, 3.63) is 234 Å². The van der Waals surface area contributed by atoms with Crippen molar-refractivity contribution >= 4 is 32.3 Å². The van der Waals surface area contributed by atoms with Gasteiger partial charge in [-0.05, 0) is 111 Å². The van der Waals surface area contributed by atoms with Crippen LogP contribution in [0.3, 0.4) is 0 Å². The molecule has 12 aromatic heterocycles. The molecule has 6 aliphatic heterocycles. The molecule has 3 unspecified atom stereocenters. The normalized spacial score (nSPS) is 17.9. The first-order chi connectivity index (χ1) is 52.6. The van der Waals surface area contributed by atoms with E-state index in [1.165, 1.54) is 14.0 Å². The van der Waals surface area contributed by atoms with Gasteiger partial charge >= 0.3 is 36.3 Å². The Bertz CT molecular complexity index is 6500. The number of halogens is 9.